The highest BCUT2D eigenvalue weighted by Gasteiger charge is 2.30. The van der Waals surface area contributed by atoms with Crippen molar-refractivity contribution in [3.05, 3.63) is 97.2 Å². The van der Waals surface area contributed by atoms with E-state index >= 15 is 0 Å². The Bertz CT molecular complexity index is 2270. The van der Waals surface area contributed by atoms with Gasteiger partial charge in [-0.25, -0.2) is 9.13 Å². The first-order valence-corrected chi connectivity index (χ1v) is 42.5. The molecular weight excluding hydrogens is 1310 g/mol. The second kappa shape index (κ2) is 73.3. The highest BCUT2D eigenvalue weighted by atomic mass is 31.2. The van der Waals surface area contributed by atoms with Crippen LogP contribution >= 0.6 is 15.6 Å². The summed E-state index contributed by atoms with van der Waals surface area (Å²) >= 11 is 0. The third-order valence-corrected chi connectivity index (χ3v) is 18.5. The van der Waals surface area contributed by atoms with E-state index in [-0.39, 0.29) is 25.7 Å². The summed E-state index contributed by atoms with van der Waals surface area (Å²) in [4.78, 5) is 72.9. The minimum atomic E-state index is -4.99. The van der Waals surface area contributed by atoms with Crippen molar-refractivity contribution < 1.29 is 80.2 Å². The Kier molecular flexibility index (Phi) is 70.4. The standard InChI is InChI=1S/C81H142O17P2/c1-5-9-13-17-21-25-29-33-35-36-37-38-40-43-46-50-54-58-62-66-79(84)92-72-76(97-80(85)67-63-59-55-51-47-42-32-28-24-20-16-12-8-4)73-95-99(87,88)93-69-75(82)70-94-100(89,90)96-74-77(71-91-78(83)65-61-57-53-49-45-41-31-27-23-19-15-11-7-3)98-81(86)68-64-60-56-52-48-44-39-34-30-26-22-18-14-10-6-2/h9,13,21-22,25-26,33-35,37-39,43,46,54,58,75-77,82H,5-8,10-12,14-20,23-24,27-32,36,40-42,44-45,47-53,55-57,59-74H2,1-4H3,(H,87,88)(H,89,90)/b13-9-,25-21-,26-22-,35-33-,38-37-,39-34-,46-43-,58-54-/t75-,76-,77-/m1/s1. The molecule has 17 nitrogen and oxygen atoms in total. The molecule has 0 aromatic rings. The van der Waals surface area contributed by atoms with E-state index in [9.17, 15) is 43.2 Å². The lowest BCUT2D eigenvalue weighted by Gasteiger charge is -2.21. The molecule has 0 saturated heterocycles. The molecule has 5 atom stereocenters. The second-order valence-electron chi connectivity index (χ2n) is 26.3. The number of carbonyl (C=O) groups is 4. The van der Waals surface area contributed by atoms with E-state index in [0.29, 0.717) is 32.1 Å². The zero-order chi connectivity index (χ0) is 73.2. The van der Waals surface area contributed by atoms with Crippen molar-refractivity contribution in [1.29, 1.82) is 0 Å². The fourth-order valence-electron chi connectivity index (χ4n) is 10.6. The van der Waals surface area contributed by atoms with Gasteiger partial charge < -0.3 is 33.8 Å². The van der Waals surface area contributed by atoms with Gasteiger partial charge in [-0.2, -0.15) is 0 Å². The van der Waals surface area contributed by atoms with Crippen molar-refractivity contribution >= 4 is 39.5 Å². The molecule has 0 heterocycles. The molecule has 3 N–H and O–H groups in total. The van der Waals surface area contributed by atoms with Gasteiger partial charge in [-0.15, -0.1) is 0 Å². The van der Waals surface area contributed by atoms with E-state index in [0.717, 1.165) is 122 Å². The van der Waals surface area contributed by atoms with Gasteiger partial charge >= 0.3 is 39.5 Å². The number of phosphoric acid groups is 2. The van der Waals surface area contributed by atoms with Crippen molar-refractivity contribution in [3.63, 3.8) is 0 Å². The molecule has 0 saturated carbocycles. The Hall–Kier alpha value is -4.02. The molecule has 19 heteroatoms. The molecule has 0 fully saturated rings. The van der Waals surface area contributed by atoms with E-state index in [1.165, 1.54) is 128 Å². The average Bonchev–Trinajstić information content (AvgIpc) is 0.924. The third-order valence-electron chi connectivity index (χ3n) is 16.6. The maximum atomic E-state index is 13.1. The molecular formula is C81H142O17P2. The van der Waals surface area contributed by atoms with Crippen LogP contribution in [0.4, 0.5) is 0 Å². The maximum absolute atomic E-state index is 13.1. The zero-order valence-electron chi connectivity index (χ0n) is 63.1. The maximum Gasteiger partial charge on any atom is 0.472 e. The first kappa shape index (κ1) is 96.0. The molecule has 0 aliphatic carbocycles. The van der Waals surface area contributed by atoms with E-state index in [1.54, 1.807) is 0 Å². The number of aliphatic hydroxyl groups is 1. The van der Waals surface area contributed by atoms with Gasteiger partial charge in [-0.1, -0.05) is 311 Å². The van der Waals surface area contributed by atoms with Gasteiger partial charge in [0.05, 0.1) is 26.4 Å². The number of hydrogen-bond acceptors (Lipinski definition) is 15. The largest absolute Gasteiger partial charge is 0.472 e. The number of aliphatic hydroxyl groups excluding tert-OH is 1. The summed E-state index contributed by atoms with van der Waals surface area (Å²) in [5, 5.41) is 10.6. The van der Waals surface area contributed by atoms with Crippen LogP contribution < -0.4 is 0 Å². The van der Waals surface area contributed by atoms with Crippen molar-refractivity contribution in [2.45, 2.75) is 354 Å². The molecule has 0 bridgehead atoms. The predicted molar refractivity (Wildman–Crippen MR) is 409 cm³/mol. The monoisotopic (exact) mass is 1450 g/mol. The minimum absolute atomic E-state index is 0.0380. The fraction of sp³-hybridized carbons (Fsp3) is 0.753. The second-order valence-corrected chi connectivity index (χ2v) is 29.2. The smallest absolute Gasteiger partial charge is 0.462 e. The summed E-state index contributed by atoms with van der Waals surface area (Å²) in [5.41, 5.74) is 0. The number of unbranched alkanes of at least 4 members (excludes halogenated alkanes) is 32. The van der Waals surface area contributed by atoms with Gasteiger partial charge in [-0.3, -0.25) is 37.3 Å². The van der Waals surface area contributed by atoms with E-state index in [4.69, 9.17) is 37.0 Å². The van der Waals surface area contributed by atoms with Gasteiger partial charge in [-0.05, 0) is 96.3 Å². The first-order chi connectivity index (χ1) is 48.7. The molecule has 100 heavy (non-hydrogen) atoms. The van der Waals surface area contributed by atoms with Crippen LogP contribution in [0.15, 0.2) is 97.2 Å². The van der Waals surface area contributed by atoms with Crippen LogP contribution in [0.1, 0.15) is 336 Å². The van der Waals surface area contributed by atoms with Gasteiger partial charge in [0.15, 0.2) is 12.2 Å². The Balaban J connectivity index is 5.39. The fourth-order valence-corrected chi connectivity index (χ4v) is 12.2. The van der Waals surface area contributed by atoms with Crippen LogP contribution in [-0.2, 0) is 65.4 Å². The molecule has 0 aliphatic heterocycles. The van der Waals surface area contributed by atoms with Crippen molar-refractivity contribution in [1.82, 2.24) is 0 Å². The Morgan fingerprint density at radius 1 is 0.290 bits per heavy atom. The lowest BCUT2D eigenvalue weighted by Crippen LogP contribution is -2.30. The van der Waals surface area contributed by atoms with Gasteiger partial charge in [0.25, 0.3) is 0 Å². The van der Waals surface area contributed by atoms with Gasteiger partial charge in [0, 0.05) is 25.7 Å². The molecule has 0 aliphatic rings. The van der Waals surface area contributed by atoms with E-state index < -0.39 is 97.5 Å². The quantitative estimate of drug-likeness (QED) is 0.0169. The van der Waals surface area contributed by atoms with Crippen LogP contribution in [-0.4, -0.2) is 96.7 Å². The topological polar surface area (TPSA) is 237 Å². The van der Waals surface area contributed by atoms with Crippen LogP contribution in [0.3, 0.4) is 0 Å². The summed E-state index contributed by atoms with van der Waals surface area (Å²) in [7, 11) is -9.97. The summed E-state index contributed by atoms with van der Waals surface area (Å²) in [6.45, 7) is 4.67. The van der Waals surface area contributed by atoms with Crippen LogP contribution in [0, 0.1) is 0 Å². The van der Waals surface area contributed by atoms with Crippen LogP contribution in [0.25, 0.3) is 0 Å². The molecule has 0 amide bonds. The van der Waals surface area contributed by atoms with E-state index in [2.05, 4.69) is 107 Å². The molecule has 0 spiro atoms. The highest BCUT2D eigenvalue weighted by molar-refractivity contribution is 7.47. The van der Waals surface area contributed by atoms with Crippen molar-refractivity contribution in [2.75, 3.05) is 39.6 Å². The molecule has 0 aromatic heterocycles. The van der Waals surface area contributed by atoms with Crippen molar-refractivity contribution in [3.8, 4) is 0 Å². The number of carbonyl (C=O) groups excluding carboxylic acids is 4. The number of rotatable bonds is 74. The summed E-state index contributed by atoms with van der Waals surface area (Å²) < 4.78 is 68.5. The number of ether oxygens (including phenoxy) is 4. The number of esters is 4. The summed E-state index contributed by atoms with van der Waals surface area (Å²) in [6.07, 6.45) is 76.9. The Labute approximate surface area is 607 Å². The number of phosphoric ester groups is 2. The van der Waals surface area contributed by atoms with Gasteiger partial charge in [0.2, 0.25) is 0 Å². The lowest BCUT2D eigenvalue weighted by atomic mass is 10.0. The first-order valence-electron chi connectivity index (χ1n) is 39.5. The number of hydrogen-bond donors (Lipinski definition) is 3. The van der Waals surface area contributed by atoms with Crippen molar-refractivity contribution in [2.24, 2.45) is 0 Å². The summed E-state index contributed by atoms with van der Waals surface area (Å²) in [5.74, 6) is -2.27. The lowest BCUT2D eigenvalue weighted by molar-refractivity contribution is -0.161. The van der Waals surface area contributed by atoms with E-state index in [1.807, 2.05) is 18.2 Å². The van der Waals surface area contributed by atoms with Crippen LogP contribution in [0.2, 0.25) is 0 Å². The predicted octanol–water partition coefficient (Wildman–Crippen LogP) is 22.8. The molecule has 0 aromatic carbocycles. The Morgan fingerprint density at radius 3 is 0.880 bits per heavy atom. The molecule has 0 radical (unpaired) electrons. The third kappa shape index (κ3) is 72.3. The highest BCUT2D eigenvalue weighted by Crippen LogP contribution is 2.45. The van der Waals surface area contributed by atoms with Crippen LogP contribution in [0.5, 0.6) is 0 Å². The average molecular weight is 1450 g/mol. The minimum Gasteiger partial charge on any atom is -0.462 e. The van der Waals surface area contributed by atoms with Gasteiger partial charge in [0.1, 0.15) is 19.3 Å². The molecule has 0 rings (SSSR count). The SMILES string of the molecule is CC/C=C\C/C=C\C/C=C\C/C=C\C/C=C\C/C=C\CCC(=O)OC[C@H](COP(=O)(O)OC[C@@H](O)COP(=O)(O)OC[C@@H](COC(=O)CCCCCCCCCCCCCCC)OC(=O)CCCCCCC/C=C\C/C=C\CCCCC)OC(=O)CCCCCCCCCCCCCCC. The molecule has 2 unspecified atom stereocenters. The zero-order valence-corrected chi connectivity index (χ0v) is 64.9. The Morgan fingerprint density at radius 2 is 0.540 bits per heavy atom. The summed E-state index contributed by atoms with van der Waals surface area (Å²) in [6, 6.07) is 0. The number of allylic oxidation sites excluding steroid dienone is 16. The normalized spacial score (nSPS) is 14.4. The molecule has 578 valence electrons.